The van der Waals surface area contributed by atoms with Crippen molar-refractivity contribution in [3.63, 3.8) is 0 Å². The average Bonchev–Trinajstić information content (AvgIpc) is 2.56. The molecule has 1 unspecified atom stereocenters. The maximum Gasteiger partial charge on any atom is 0.179 e. The molecule has 1 aliphatic carbocycles. The van der Waals surface area contributed by atoms with Crippen LogP contribution in [0.3, 0.4) is 0 Å². The van der Waals surface area contributed by atoms with Crippen LogP contribution >= 0.6 is 0 Å². The smallest absolute Gasteiger partial charge is 0.179 e. The molecule has 0 saturated heterocycles. The van der Waals surface area contributed by atoms with E-state index in [-0.39, 0.29) is 5.92 Å². The summed E-state index contributed by atoms with van der Waals surface area (Å²) in [7, 11) is 1.79. The summed E-state index contributed by atoms with van der Waals surface area (Å²) in [4.78, 5) is 1.62. The summed E-state index contributed by atoms with van der Waals surface area (Å²) in [5.74, 6) is 0.00745. The Morgan fingerprint density at radius 2 is 1.73 bits per heavy atom. The second-order valence-electron chi connectivity index (χ2n) is 6.11. The Bertz CT molecular complexity index is 469. The molecule has 1 fully saturated rings. The zero-order valence-corrected chi connectivity index (χ0v) is 14.5. The van der Waals surface area contributed by atoms with Gasteiger partial charge in [-0.3, -0.25) is 0 Å². The number of nitriles is 1. The summed E-state index contributed by atoms with van der Waals surface area (Å²) in [5.41, 5.74) is 1.69. The molecule has 1 N–H and O–H groups in total. The molecule has 1 saturated carbocycles. The highest BCUT2D eigenvalue weighted by Gasteiger charge is 2.39. The lowest BCUT2D eigenvalue weighted by molar-refractivity contribution is -0.0262. The first-order valence-electron chi connectivity index (χ1n) is 8.45. The minimum atomic E-state index is -0.668. The first-order valence-corrected chi connectivity index (χ1v) is 8.45. The molecule has 1 atom stereocenters. The van der Waals surface area contributed by atoms with Crippen LogP contribution in [0.1, 0.15) is 63.0 Å². The third-order valence-corrected chi connectivity index (χ3v) is 4.47. The number of aryl methyl sites for hydroxylation is 1. The largest absolute Gasteiger partial charge is 0.389 e. The third-order valence-electron chi connectivity index (χ3n) is 4.47. The number of benzene rings is 1. The van der Waals surface area contributed by atoms with Gasteiger partial charge in [-0.1, -0.05) is 62.9 Å². The molecular weight excluding hydrogens is 272 g/mol. The van der Waals surface area contributed by atoms with E-state index in [0.717, 1.165) is 31.2 Å². The highest BCUT2D eigenvalue weighted by atomic mass is 16.3. The van der Waals surface area contributed by atoms with E-state index in [1.165, 1.54) is 12.0 Å². The van der Waals surface area contributed by atoms with Crippen molar-refractivity contribution >= 4 is 0 Å². The van der Waals surface area contributed by atoms with Crippen LogP contribution in [0.4, 0.5) is 0 Å². The molecule has 122 valence electrons. The molecule has 3 heteroatoms. The molecule has 22 heavy (non-hydrogen) atoms. The van der Waals surface area contributed by atoms with Gasteiger partial charge in [-0.05, 0) is 25.3 Å². The van der Waals surface area contributed by atoms with Crippen LogP contribution in [0.2, 0.25) is 0 Å². The van der Waals surface area contributed by atoms with E-state index >= 15 is 0 Å². The Morgan fingerprint density at radius 3 is 2.23 bits per heavy atom. The molecule has 1 aromatic carbocycles. The topological polar surface area (TPSA) is 47.3 Å². The van der Waals surface area contributed by atoms with Gasteiger partial charge in [0.15, 0.2) is 6.19 Å². The predicted octanol–water partition coefficient (Wildman–Crippen LogP) is 4.21. The van der Waals surface area contributed by atoms with Crippen molar-refractivity contribution in [1.82, 2.24) is 4.90 Å². The number of likely N-dealkylation sites (N-methyl/N-ethyl adjacent to an activating group) is 1. The maximum atomic E-state index is 11.1. The van der Waals surface area contributed by atoms with Crippen molar-refractivity contribution in [1.29, 1.82) is 5.26 Å². The van der Waals surface area contributed by atoms with Gasteiger partial charge in [0.25, 0.3) is 0 Å². The van der Waals surface area contributed by atoms with Crippen molar-refractivity contribution in [2.24, 2.45) is 0 Å². The molecule has 0 aliphatic heterocycles. The standard InChI is InChI=1S/C17H24N2O.C2H6/c1-14-6-8-15(9-7-14)16(12-19(2)13-18)17(20)10-4-3-5-11-17;1-2/h6-9,16,20H,3-5,10-12H2,1-2H3;1-2H3. The summed E-state index contributed by atoms with van der Waals surface area (Å²) >= 11 is 0. The summed E-state index contributed by atoms with van der Waals surface area (Å²) < 4.78 is 0. The van der Waals surface area contributed by atoms with Crippen LogP contribution in [-0.2, 0) is 0 Å². The van der Waals surface area contributed by atoms with Crippen molar-refractivity contribution in [3.8, 4) is 6.19 Å². The lowest BCUT2D eigenvalue weighted by atomic mass is 9.72. The van der Waals surface area contributed by atoms with Crippen LogP contribution in [0.5, 0.6) is 0 Å². The fourth-order valence-corrected chi connectivity index (χ4v) is 3.21. The molecular formula is C19H30N2O. The van der Waals surface area contributed by atoms with E-state index in [1.54, 1.807) is 11.9 Å². The monoisotopic (exact) mass is 302 g/mol. The number of hydrogen-bond donors (Lipinski definition) is 1. The van der Waals surface area contributed by atoms with Gasteiger partial charge in [-0.2, -0.15) is 5.26 Å². The Labute approximate surface area is 135 Å². The Morgan fingerprint density at radius 1 is 1.18 bits per heavy atom. The van der Waals surface area contributed by atoms with E-state index in [9.17, 15) is 5.11 Å². The molecule has 0 aromatic heterocycles. The van der Waals surface area contributed by atoms with Gasteiger partial charge in [0.1, 0.15) is 0 Å². The van der Waals surface area contributed by atoms with Gasteiger partial charge in [-0.15, -0.1) is 0 Å². The van der Waals surface area contributed by atoms with Crippen LogP contribution in [0.25, 0.3) is 0 Å². The normalized spacial score (nSPS) is 17.6. The van der Waals surface area contributed by atoms with E-state index in [2.05, 4.69) is 37.4 Å². The van der Waals surface area contributed by atoms with Gasteiger partial charge < -0.3 is 10.0 Å². The van der Waals surface area contributed by atoms with Crippen LogP contribution < -0.4 is 0 Å². The van der Waals surface area contributed by atoms with E-state index < -0.39 is 5.60 Å². The number of nitrogens with zero attached hydrogens (tertiary/aromatic N) is 2. The Kier molecular flexibility index (Phi) is 7.41. The number of rotatable bonds is 4. The van der Waals surface area contributed by atoms with Gasteiger partial charge in [-0.25, -0.2) is 0 Å². The van der Waals surface area contributed by atoms with Crippen molar-refractivity contribution in [2.75, 3.05) is 13.6 Å². The molecule has 0 spiro atoms. The Hall–Kier alpha value is -1.53. The molecule has 1 aliphatic rings. The van der Waals surface area contributed by atoms with E-state index in [1.807, 2.05) is 13.8 Å². The first-order chi connectivity index (χ1) is 10.5. The second kappa shape index (κ2) is 8.80. The fourth-order valence-electron chi connectivity index (χ4n) is 3.21. The highest BCUT2D eigenvalue weighted by Crippen LogP contribution is 2.40. The summed E-state index contributed by atoms with van der Waals surface area (Å²) in [6.45, 7) is 6.64. The second-order valence-corrected chi connectivity index (χ2v) is 6.11. The minimum absolute atomic E-state index is 0.00745. The quantitative estimate of drug-likeness (QED) is 0.669. The number of hydrogen-bond acceptors (Lipinski definition) is 3. The van der Waals surface area contributed by atoms with Crippen LogP contribution in [-0.4, -0.2) is 29.2 Å². The molecule has 0 bridgehead atoms. The summed E-state index contributed by atoms with van der Waals surface area (Å²) in [5, 5.41) is 20.1. The molecule has 2 rings (SSSR count). The van der Waals surface area contributed by atoms with Gasteiger partial charge in [0.2, 0.25) is 0 Å². The van der Waals surface area contributed by atoms with Gasteiger partial charge in [0, 0.05) is 19.5 Å². The molecule has 0 amide bonds. The van der Waals surface area contributed by atoms with Gasteiger partial charge in [0.05, 0.1) is 5.60 Å². The SMILES string of the molecule is CC.Cc1ccc(C(CN(C)C#N)C2(O)CCCCC2)cc1. The molecule has 1 aromatic rings. The highest BCUT2D eigenvalue weighted by molar-refractivity contribution is 5.27. The molecule has 0 heterocycles. The lowest BCUT2D eigenvalue weighted by Gasteiger charge is -2.40. The molecule has 3 nitrogen and oxygen atoms in total. The maximum absolute atomic E-state index is 11.1. The van der Waals surface area contributed by atoms with Crippen molar-refractivity contribution in [3.05, 3.63) is 35.4 Å². The van der Waals surface area contributed by atoms with Crippen molar-refractivity contribution in [2.45, 2.75) is 64.4 Å². The first kappa shape index (κ1) is 18.5. The summed E-state index contributed by atoms with van der Waals surface area (Å²) in [6.07, 6.45) is 7.19. The lowest BCUT2D eigenvalue weighted by Crippen LogP contribution is -2.42. The predicted molar refractivity (Wildman–Crippen MR) is 91.5 cm³/mol. The zero-order chi connectivity index (χ0) is 16.6. The zero-order valence-electron chi connectivity index (χ0n) is 14.5. The molecule has 0 radical (unpaired) electrons. The van der Waals surface area contributed by atoms with E-state index in [4.69, 9.17) is 5.26 Å². The number of aliphatic hydroxyl groups is 1. The van der Waals surface area contributed by atoms with Crippen molar-refractivity contribution < 1.29 is 5.11 Å². The Balaban J connectivity index is 0.00000116. The fraction of sp³-hybridized carbons (Fsp3) is 0.632. The minimum Gasteiger partial charge on any atom is -0.389 e. The third kappa shape index (κ3) is 4.74. The van der Waals surface area contributed by atoms with Crippen LogP contribution in [0, 0.1) is 18.4 Å². The summed E-state index contributed by atoms with van der Waals surface area (Å²) in [6, 6.07) is 8.36. The van der Waals surface area contributed by atoms with E-state index in [0.29, 0.717) is 6.54 Å². The average molecular weight is 302 g/mol. The van der Waals surface area contributed by atoms with Crippen LogP contribution in [0.15, 0.2) is 24.3 Å². The van der Waals surface area contributed by atoms with Gasteiger partial charge >= 0.3 is 0 Å².